The lowest BCUT2D eigenvalue weighted by Gasteiger charge is -2.20. The molecular formula is C15H23BrN2O. The molecule has 1 aromatic carbocycles. The molecule has 0 radical (unpaired) electrons. The standard InChI is InChI=1S/C15H23BrN2O/c1-10-8-11(2)14(12(16)9-10)18-13(19)6-7-17-15(3,4)5/h8-9,17H,6-7H2,1-5H3,(H,18,19). The van der Waals surface area contributed by atoms with E-state index in [0.29, 0.717) is 13.0 Å². The maximum Gasteiger partial charge on any atom is 0.225 e. The van der Waals surface area contributed by atoms with Gasteiger partial charge in [0.1, 0.15) is 0 Å². The lowest BCUT2D eigenvalue weighted by molar-refractivity contribution is -0.116. The molecule has 1 rings (SSSR count). The number of carbonyl (C=O) groups excluding carboxylic acids is 1. The summed E-state index contributed by atoms with van der Waals surface area (Å²) in [6, 6.07) is 4.07. The Balaban J connectivity index is 2.58. The van der Waals surface area contributed by atoms with Crippen LogP contribution in [0.4, 0.5) is 5.69 Å². The average molecular weight is 327 g/mol. The number of amides is 1. The van der Waals surface area contributed by atoms with Crippen molar-refractivity contribution in [3.63, 3.8) is 0 Å². The van der Waals surface area contributed by atoms with E-state index in [1.165, 1.54) is 5.56 Å². The first-order valence-corrected chi connectivity index (χ1v) is 7.30. The second-order valence-electron chi connectivity index (χ2n) is 5.91. The summed E-state index contributed by atoms with van der Waals surface area (Å²) in [4.78, 5) is 11.9. The maximum absolute atomic E-state index is 11.9. The monoisotopic (exact) mass is 326 g/mol. The molecule has 0 unspecified atom stereocenters. The minimum absolute atomic E-state index is 0.0319. The zero-order valence-electron chi connectivity index (χ0n) is 12.4. The molecule has 1 amide bonds. The van der Waals surface area contributed by atoms with Crippen molar-refractivity contribution in [2.45, 2.75) is 46.6 Å². The van der Waals surface area contributed by atoms with E-state index in [2.05, 4.69) is 53.4 Å². The van der Waals surface area contributed by atoms with E-state index in [-0.39, 0.29) is 11.4 Å². The van der Waals surface area contributed by atoms with Crippen LogP contribution in [-0.4, -0.2) is 18.0 Å². The van der Waals surface area contributed by atoms with Crippen molar-refractivity contribution in [2.75, 3.05) is 11.9 Å². The van der Waals surface area contributed by atoms with Crippen LogP contribution >= 0.6 is 15.9 Å². The Morgan fingerprint density at radius 2 is 1.89 bits per heavy atom. The van der Waals surface area contributed by atoms with E-state index < -0.39 is 0 Å². The molecule has 3 nitrogen and oxygen atoms in total. The summed E-state index contributed by atoms with van der Waals surface area (Å²) in [6.45, 7) is 11.0. The molecular weight excluding hydrogens is 304 g/mol. The first-order chi connectivity index (χ1) is 8.69. The summed E-state index contributed by atoms with van der Waals surface area (Å²) in [7, 11) is 0. The number of halogens is 1. The number of nitrogens with one attached hydrogen (secondary N) is 2. The fourth-order valence-electron chi connectivity index (χ4n) is 1.83. The Morgan fingerprint density at radius 1 is 1.26 bits per heavy atom. The Morgan fingerprint density at radius 3 is 2.42 bits per heavy atom. The molecule has 0 aliphatic carbocycles. The van der Waals surface area contributed by atoms with Crippen LogP contribution in [0.25, 0.3) is 0 Å². The molecule has 0 aliphatic rings. The largest absolute Gasteiger partial charge is 0.325 e. The number of benzene rings is 1. The number of hydrogen-bond donors (Lipinski definition) is 2. The number of hydrogen-bond acceptors (Lipinski definition) is 2. The van der Waals surface area contributed by atoms with E-state index >= 15 is 0 Å². The maximum atomic E-state index is 11.9. The number of rotatable bonds is 4. The molecule has 0 saturated carbocycles. The topological polar surface area (TPSA) is 41.1 Å². The van der Waals surface area contributed by atoms with Crippen LogP contribution in [0, 0.1) is 13.8 Å². The van der Waals surface area contributed by atoms with E-state index in [1.54, 1.807) is 0 Å². The highest BCUT2D eigenvalue weighted by atomic mass is 79.9. The second kappa shape index (κ2) is 6.53. The highest BCUT2D eigenvalue weighted by Gasteiger charge is 2.11. The fraction of sp³-hybridized carbons (Fsp3) is 0.533. The predicted molar refractivity (Wildman–Crippen MR) is 84.6 cm³/mol. The normalized spacial score (nSPS) is 11.5. The zero-order valence-corrected chi connectivity index (χ0v) is 13.9. The minimum atomic E-state index is 0.0319. The van der Waals surface area contributed by atoms with E-state index in [9.17, 15) is 4.79 Å². The van der Waals surface area contributed by atoms with Crippen LogP contribution in [0.1, 0.15) is 38.3 Å². The first kappa shape index (κ1) is 16.2. The van der Waals surface area contributed by atoms with E-state index in [4.69, 9.17) is 0 Å². The molecule has 0 fully saturated rings. The number of aryl methyl sites for hydroxylation is 2. The van der Waals surface area contributed by atoms with Gasteiger partial charge in [0.05, 0.1) is 5.69 Å². The predicted octanol–water partition coefficient (Wildman–Crippen LogP) is 3.78. The SMILES string of the molecule is Cc1cc(C)c(NC(=O)CCNC(C)(C)C)c(Br)c1. The number of anilines is 1. The summed E-state index contributed by atoms with van der Waals surface area (Å²) < 4.78 is 0.933. The molecule has 0 heterocycles. The van der Waals surface area contributed by atoms with Gasteiger partial charge in [-0.3, -0.25) is 4.79 Å². The summed E-state index contributed by atoms with van der Waals surface area (Å²) >= 11 is 3.50. The zero-order chi connectivity index (χ0) is 14.6. The van der Waals surface area contributed by atoms with E-state index in [1.807, 2.05) is 19.9 Å². The van der Waals surface area contributed by atoms with Crippen molar-refractivity contribution in [3.05, 3.63) is 27.7 Å². The van der Waals surface area contributed by atoms with Crippen molar-refractivity contribution >= 4 is 27.5 Å². The van der Waals surface area contributed by atoms with Gasteiger partial charge in [-0.1, -0.05) is 6.07 Å². The Bertz CT molecular complexity index is 441. The van der Waals surface area contributed by atoms with Gasteiger partial charge in [0, 0.05) is 23.0 Å². The molecule has 0 aromatic heterocycles. The van der Waals surface area contributed by atoms with Crippen LogP contribution in [0.3, 0.4) is 0 Å². The quantitative estimate of drug-likeness (QED) is 0.883. The third-order valence-corrected chi connectivity index (χ3v) is 3.33. The highest BCUT2D eigenvalue weighted by molar-refractivity contribution is 9.10. The van der Waals surface area contributed by atoms with Crippen LogP contribution in [0.15, 0.2) is 16.6 Å². The Labute approximate surface area is 124 Å². The highest BCUT2D eigenvalue weighted by Crippen LogP contribution is 2.27. The lowest BCUT2D eigenvalue weighted by atomic mass is 10.1. The Kier molecular flexibility index (Phi) is 5.56. The van der Waals surface area contributed by atoms with Gasteiger partial charge in [-0.05, 0) is 67.7 Å². The fourth-order valence-corrected chi connectivity index (χ4v) is 2.60. The van der Waals surface area contributed by atoms with Gasteiger partial charge in [-0.2, -0.15) is 0 Å². The van der Waals surface area contributed by atoms with Gasteiger partial charge < -0.3 is 10.6 Å². The van der Waals surface area contributed by atoms with Gasteiger partial charge >= 0.3 is 0 Å². The van der Waals surface area contributed by atoms with Gasteiger partial charge in [-0.15, -0.1) is 0 Å². The summed E-state index contributed by atoms with van der Waals surface area (Å²) in [5.41, 5.74) is 3.16. The molecule has 0 bridgehead atoms. The van der Waals surface area contributed by atoms with Crippen LogP contribution in [-0.2, 0) is 4.79 Å². The van der Waals surface area contributed by atoms with Gasteiger partial charge in [-0.25, -0.2) is 0 Å². The third kappa shape index (κ3) is 5.74. The molecule has 0 atom stereocenters. The van der Waals surface area contributed by atoms with E-state index in [0.717, 1.165) is 15.7 Å². The van der Waals surface area contributed by atoms with Crippen LogP contribution in [0.5, 0.6) is 0 Å². The van der Waals surface area contributed by atoms with Gasteiger partial charge in [0.25, 0.3) is 0 Å². The van der Waals surface area contributed by atoms with Crippen molar-refractivity contribution < 1.29 is 4.79 Å². The third-order valence-electron chi connectivity index (χ3n) is 2.70. The van der Waals surface area contributed by atoms with Crippen molar-refractivity contribution in [1.29, 1.82) is 0 Å². The summed E-state index contributed by atoms with van der Waals surface area (Å²) in [5.74, 6) is 0.0319. The summed E-state index contributed by atoms with van der Waals surface area (Å²) in [6.07, 6.45) is 0.469. The average Bonchev–Trinajstić information content (AvgIpc) is 2.21. The molecule has 106 valence electrons. The van der Waals surface area contributed by atoms with Crippen LogP contribution < -0.4 is 10.6 Å². The molecule has 1 aromatic rings. The van der Waals surface area contributed by atoms with Gasteiger partial charge in [0.2, 0.25) is 5.91 Å². The van der Waals surface area contributed by atoms with Gasteiger partial charge in [0.15, 0.2) is 0 Å². The van der Waals surface area contributed by atoms with Crippen molar-refractivity contribution in [2.24, 2.45) is 0 Å². The van der Waals surface area contributed by atoms with Crippen LogP contribution in [0.2, 0.25) is 0 Å². The second-order valence-corrected chi connectivity index (χ2v) is 6.77. The molecule has 4 heteroatoms. The minimum Gasteiger partial charge on any atom is -0.325 e. The molecule has 19 heavy (non-hydrogen) atoms. The first-order valence-electron chi connectivity index (χ1n) is 6.50. The summed E-state index contributed by atoms with van der Waals surface area (Å²) in [5, 5.41) is 6.27. The van der Waals surface area contributed by atoms with Crippen molar-refractivity contribution in [3.8, 4) is 0 Å². The lowest BCUT2D eigenvalue weighted by Crippen LogP contribution is -2.37. The number of carbonyl (C=O) groups is 1. The molecule has 0 aliphatic heterocycles. The molecule has 0 saturated heterocycles. The Hall–Kier alpha value is -0.870. The molecule has 2 N–H and O–H groups in total. The van der Waals surface area contributed by atoms with Crippen molar-refractivity contribution in [1.82, 2.24) is 5.32 Å². The molecule has 0 spiro atoms. The smallest absolute Gasteiger partial charge is 0.225 e.